The normalized spacial score (nSPS) is 25.3. The number of pyridine rings is 1. The van der Waals surface area contributed by atoms with Crippen molar-refractivity contribution in [3.05, 3.63) is 30.4 Å². The molecule has 3 rings (SSSR count). The van der Waals surface area contributed by atoms with Gasteiger partial charge in [-0.15, -0.1) is 0 Å². The van der Waals surface area contributed by atoms with Crippen molar-refractivity contribution < 1.29 is 29.0 Å². The van der Waals surface area contributed by atoms with E-state index < -0.39 is 24.4 Å². The largest absolute Gasteiger partial charge is 0.388 e. The van der Waals surface area contributed by atoms with Gasteiger partial charge in [0.2, 0.25) is 17.6 Å². The Kier molecular flexibility index (Phi) is 5.89. The number of ether oxygens (including phenoxy) is 2. The van der Waals surface area contributed by atoms with Crippen molar-refractivity contribution in [1.29, 1.82) is 0 Å². The molecule has 1 aliphatic rings. The minimum atomic E-state index is -1.13. The molecule has 2 aromatic heterocycles. The van der Waals surface area contributed by atoms with Gasteiger partial charge < -0.3 is 29.5 Å². The zero-order chi connectivity index (χ0) is 18.5. The summed E-state index contributed by atoms with van der Waals surface area (Å²) in [6.07, 6.45) is -0.347. The Morgan fingerprint density at radius 1 is 1.27 bits per heavy atom. The van der Waals surface area contributed by atoms with Gasteiger partial charge in [-0.25, -0.2) is 0 Å². The predicted molar refractivity (Wildman–Crippen MR) is 86.8 cm³/mol. The van der Waals surface area contributed by atoms with E-state index in [1.165, 1.54) is 7.11 Å². The van der Waals surface area contributed by atoms with Crippen molar-refractivity contribution in [2.24, 2.45) is 0 Å². The Bertz CT molecular complexity index is 725. The molecule has 1 aliphatic heterocycles. The number of aliphatic hydroxyl groups excluding tert-OH is 2. The van der Waals surface area contributed by atoms with Gasteiger partial charge in [-0.2, -0.15) is 4.98 Å². The lowest BCUT2D eigenvalue weighted by molar-refractivity contribution is -0.125. The van der Waals surface area contributed by atoms with Crippen LogP contribution in [0, 0.1) is 0 Å². The van der Waals surface area contributed by atoms with E-state index in [0.717, 1.165) is 5.56 Å². The van der Waals surface area contributed by atoms with Crippen LogP contribution < -0.4 is 5.32 Å². The maximum atomic E-state index is 11.4. The van der Waals surface area contributed by atoms with Crippen LogP contribution in [0.15, 0.2) is 29.0 Å². The highest BCUT2D eigenvalue weighted by Gasteiger charge is 2.43. The van der Waals surface area contributed by atoms with E-state index in [0.29, 0.717) is 5.82 Å². The molecule has 10 nitrogen and oxygen atoms in total. The van der Waals surface area contributed by atoms with E-state index in [9.17, 15) is 15.0 Å². The van der Waals surface area contributed by atoms with Gasteiger partial charge in [-0.1, -0.05) is 5.16 Å². The molecular formula is C16H20N4O6. The van der Waals surface area contributed by atoms with Crippen molar-refractivity contribution >= 4 is 5.91 Å². The van der Waals surface area contributed by atoms with E-state index in [1.807, 2.05) is 0 Å². The van der Waals surface area contributed by atoms with Crippen LogP contribution in [0.5, 0.6) is 0 Å². The smallest absolute Gasteiger partial charge is 0.246 e. The number of hydrogen-bond donors (Lipinski definition) is 3. The van der Waals surface area contributed by atoms with Gasteiger partial charge in [0, 0.05) is 31.6 Å². The first-order chi connectivity index (χ1) is 12.6. The summed E-state index contributed by atoms with van der Waals surface area (Å²) in [6.45, 7) is -0.0302. The maximum absolute atomic E-state index is 11.4. The first-order valence-corrected chi connectivity index (χ1v) is 8.08. The maximum Gasteiger partial charge on any atom is 0.246 e. The average molecular weight is 364 g/mol. The van der Waals surface area contributed by atoms with Crippen molar-refractivity contribution in [3.63, 3.8) is 0 Å². The molecule has 2 aromatic rings. The third kappa shape index (κ3) is 4.22. The summed E-state index contributed by atoms with van der Waals surface area (Å²) in [5.41, 5.74) is 0.752. The van der Waals surface area contributed by atoms with Crippen molar-refractivity contribution in [2.75, 3.05) is 20.3 Å². The number of carbonyl (C=O) groups is 1. The number of amides is 1. The lowest BCUT2D eigenvalue weighted by Crippen LogP contribution is -2.40. The second kappa shape index (κ2) is 8.32. The molecule has 140 valence electrons. The number of carbonyl (C=O) groups excluding carboxylic acids is 1. The third-order valence-electron chi connectivity index (χ3n) is 4.02. The Labute approximate surface area is 149 Å². The van der Waals surface area contributed by atoms with E-state index in [-0.39, 0.29) is 31.4 Å². The Balaban J connectivity index is 1.58. The fraction of sp³-hybridized carbons (Fsp3) is 0.500. The third-order valence-corrected chi connectivity index (χ3v) is 4.02. The summed E-state index contributed by atoms with van der Waals surface area (Å²) >= 11 is 0. The fourth-order valence-corrected chi connectivity index (χ4v) is 2.69. The molecule has 0 aliphatic carbocycles. The Morgan fingerprint density at radius 2 is 2.00 bits per heavy atom. The molecular weight excluding hydrogens is 344 g/mol. The van der Waals surface area contributed by atoms with Gasteiger partial charge in [-0.3, -0.25) is 9.78 Å². The number of aromatic nitrogens is 3. The first-order valence-electron chi connectivity index (χ1n) is 8.08. The first kappa shape index (κ1) is 18.4. The van der Waals surface area contributed by atoms with Crippen LogP contribution in [-0.4, -0.2) is 75.9 Å². The summed E-state index contributed by atoms with van der Waals surface area (Å²) < 4.78 is 15.5. The number of aliphatic hydroxyl groups is 2. The summed E-state index contributed by atoms with van der Waals surface area (Å²) in [6, 6.07) is 3.50. The minimum absolute atomic E-state index is 0.0586. The summed E-state index contributed by atoms with van der Waals surface area (Å²) in [5, 5.41) is 26.7. The molecule has 10 heteroatoms. The predicted octanol–water partition coefficient (Wildman–Crippen LogP) is -1.07. The summed E-state index contributed by atoms with van der Waals surface area (Å²) in [7, 11) is 1.41. The van der Waals surface area contributed by atoms with Crippen LogP contribution in [0.2, 0.25) is 0 Å². The van der Waals surface area contributed by atoms with Gasteiger partial charge in [0.05, 0.1) is 12.5 Å². The van der Waals surface area contributed by atoms with Crippen molar-refractivity contribution in [3.8, 4) is 11.4 Å². The van der Waals surface area contributed by atoms with E-state index in [2.05, 4.69) is 20.4 Å². The number of nitrogens with zero attached hydrogens (tertiary/aromatic N) is 3. The molecule has 1 amide bonds. The molecule has 0 spiro atoms. The zero-order valence-electron chi connectivity index (χ0n) is 14.1. The van der Waals surface area contributed by atoms with E-state index in [1.54, 1.807) is 24.5 Å². The number of hydrogen-bond acceptors (Lipinski definition) is 9. The molecule has 1 saturated heterocycles. The van der Waals surface area contributed by atoms with Gasteiger partial charge in [0.1, 0.15) is 24.9 Å². The molecule has 1 fully saturated rings. The van der Waals surface area contributed by atoms with Crippen LogP contribution in [-0.2, 0) is 20.7 Å². The summed E-state index contributed by atoms with van der Waals surface area (Å²) in [5.74, 6) is 0.344. The Morgan fingerprint density at radius 3 is 2.73 bits per heavy atom. The quantitative estimate of drug-likeness (QED) is 0.560. The van der Waals surface area contributed by atoms with Crippen LogP contribution in [0.25, 0.3) is 11.4 Å². The lowest BCUT2D eigenvalue weighted by atomic mass is 10.1. The lowest BCUT2D eigenvalue weighted by Gasteiger charge is -2.15. The van der Waals surface area contributed by atoms with Crippen LogP contribution in [0.4, 0.5) is 0 Å². The topological polar surface area (TPSA) is 140 Å². The van der Waals surface area contributed by atoms with Gasteiger partial charge in [0.25, 0.3) is 0 Å². The number of methoxy groups -OCH3 is 1. The fourth-order valence-electron chi connectivity index (χ4n) is 2.69. The van der Waals surface area contributed by atoms with Crippen LogP contribution in [0.1, 0.15) is 5.89 Å². The summed E-state index contributed by atoms with van der Waals surface area (Å²) in [4.78, 5) is 19.6. The second-order valence-electron chi connectivity index (χ2n) is 5.88. The van der Waals surface area contributed by atoms with Crippen molar-refractivity contribution in [1.82, 2.24) is 20.4 Å². The molecule has 0 saturated carbocycles. The standard InChI is InChI=1S/C16H20N4O6/c1-24-8-12(21)18-7-11-15(23)14(22)10(25-11)6-13-19-16(20-26-13)9-2-4-17-5-3-9/h2-5,10-11,14-15,22-23H,6-8H2,1H3,(H,18,21)/t10-,11+,14-,15+/m0/s1. The van der Waals surface area contributed by atoms with Crippen LogP contribution >= 0.6 is 0 Å². The molecule has 3 heterocycles. The van der Waals surface area contributed by atoms with Crippen molar-refractivity contribution in [2.45, 2.75) is 30.8 Å². The highest BCUT2D eigenvalue weighted by molar-refractivity contribution is 5.77. The van der Waals surface area contributed by atoms with E-state index in [4.69, 9.17) is 14.0 Å². The zero-order valence-corrected chi connectivity index (χ0v) is 14.1. The average Bonchev–Trinajstić information content (AvgIpc) is 3.22. The SMILES string of the molecule is COCC(=O)NC[C@H]1O[C@@H](Cc2nc(-c3ccncc3)no2)[C@H](O)[C@@H]1O. The van der Waals surface area contributed by atoms with Crippen LogP contribution in [0.3, 0.4) is 0 Å². The highest BCUT2D eigenvalue weighted by Crippen LogP contribution is 2.24. The number of nitrogens with one attached hydrogen (secondary N) is 1. The molecule has 0 unspecified atom stereocenters. The Hall–Kier alpha value is -2.40. The molecule has 0 bridgehead atoms. The molecule has 0 radical (unpaired) electrons. The molecule has 0 aromatic carbocycles. The van der Waals surface area contributed by atoms with Gasteiger partial charge >= 0.3 is 0 Å². The minimum Gasteiger partial charge on any atom is -0.388 e. The molecule has 3 N–H and O–H groups in total. The van der Waals surface area contributed by atoms with Gasteiger partial charge in [0.15, 0.2) is 0 Å². The molecule has 4 atom stereocenters. The molecule has 26 heavy (non-hydrogen) atoms. The van der Waals surface area contributed by atoms with E-state index >= 15 is 0 Å². The highest BCUT2D eigenvalue weighted by atomic mass is 16.5. The second-order valence-corrected chi connectivity index (χ2v) is 5.88. The monoisotopic (exact) mass is 364 g/mol. The number of rotatable bonds is 7. The van der Waals surface area contributed by atoms with Gasteiger partial charge in [-0.05, 0) is 12.1 Å².